The van der Waals surface area contributed by atoms with Crippen molar-refractivity contribution in [1.29, 1.82) is 5.26 Å². The van der Waals surface area contributed by atoms with E-state index in [1.54, 1.807) is 0 Å². The molecule has 1 saturated heterocycles. The number of carbonyl (C=O) groups is 1. The lowest BCUT2D eigenvalue weighted by atomic mass is 10.0. The van der Waals surface area contributed by atoms with Gasteiger partial charge in [-0.15, -0.1) is 0 Å². The highest BCUT2D eigenvalue weighted by Crippen LogP contribution is 2.25. The predicted molar refractivity (Wildman–Crippen MR) is 95.7 cm³/mol. The average molecular weight is 342 g/mol. The Morgan fingerprint density at radius 2 is 2.29 bits per heavy atom. The molecular formula is C18H22N4OS. The summed E-state index contributed by atoms with van der Waals surface area (Å²) < 4.78 is 2.05. The fourth-order valence-electron chi connectivity index (χ4n) is 3.17. The van der Waals surface area contributed by atoms with Crippen molar-refractivity contribution in [2.45, 2.75) is 37.9 Å². The van der Waals surface area contributed by atoms with E-state index in [2.05, 4.69) is 22.5 Å². The highest BCUT2D eigenvalue weighted by molar-refractivity contribution is 7.99. The van der Waals surface area contributed by atoms with Crippen LogP contribution in [-0.4, -0.2) is 39.2 Å². The Balaban J connectivity index is 1.72. The summed E-state index contributed by atoms with van der Waals surface area (Å²) in [7, 11) is 0. The molecule has 6 heteroatoms. The van der Waals surface area contributed by atoms with Crippen molar-refractivity contribution in [1.82, 2.24) is 14.5 Å². The summed E-state index contributed by atoms with van der Waals surface area (Å²) >= 11 is 1.48. The number of carbonyl (C=O) groups excluding carboxylic acids is 1. The molecule has 2 heterocycles. The van der Waals surface area contributed by atoms with Crippen LogP contribution >= 0.6 is 11.8 Å². The van der Waals surface area contributed by atoms with Crippen LogP contribution in [-0.2, 0) is 11.3 Å². The molecule has 1 fully saturated rings. The number of hydrogen-bond donors (Lipinski definition) is 0. The molecule has 24 heavy (non-hydrogen) atoms. The minimum absolute atomic E-state index is 0.186. The number of fused-ring (bicyclic) bond motifs is 1. The van der Waals surface area contributed by atoms with Gasteiger partial charge in [0.25, 0.3) is 0 Å². The zero-order valence-corrected chi connectivity index (χ0v) is 14.8. The van der Waals surface area contributed by atoms with Gasteiger partial charge in [0.2, 0.25) is 5.91 Å². The van der Waals surface area contributed by atoms with Crippen molar-refractivity contribution in [2.75, 3.05) is 18.8 Å². The molecule has 1 aromatic heterocycles. The van der Waals surface area contributed by atoms with Crippen LogP contribution in [0.2, 0.25) is 0 Å². The monoisotopic (exact) mass is 342 g/mol. The van der Waals surface area contributed by atoms with Gasteiger partial charge in [0.15, 0.2) is 5.16 Å². The quantitative estimate of drug-likeness (QED) is 0.782. The van der Waals surface area contributed by atoms with Gasteiger partial charge in [-0.2, -0.15) is 5.26 Å². The molecular weight excluding hydrogens is 320 g/mol. The minimum atomic E-state index is 0.186. The average Bonchev–Trinajstić information content (AvgIpc) is 2.95. The van der Waals surface area contributed by atoms with Gasteiger partial charge < -0.3 is 9.47 Å². The van der Waals surface area contributed by atoms with Crippen molar-refractivity contribution < 1.29 is 4.79 Å². The number of piperidine rings is 1. The summed E-state index contributed by atoms with van der Waals surface area (Å²) in [4.78, 5) is 19.1. The molecule has 0 aliphatic carbocycles. The number of aryl methyl sites for hydroxylation is 1. The van der Waals surface area contributed by atoms with E-state index in [0.29, 0.717) is 24.6 Å². The van der Waals surface area contributed by atoms with Crippen molar-refractivity contribution in [2.24, 2.45) is 5.92 Å². The van der Waals surface area contributed by atoms with E-state index in [1.165, 1.54) is 18.2 Å². The number of hydrogen-bond acceptors (Lipinski definition) is 4. The molecule has 3 rings (SSSR count). The highest BCUT2D eigenvalue weighted by Gasteiger charge is 2.21. The molecule has 1 amide bonds. The van der Waals surface area contributed by atoms with Gasteiger partial charge in [0.05, 0.1) is 29.3 Å². The van der Waals surface area contributed by atoms with Crippen molar-refractivity contribution in [3.63, 3.8) is 0 Å². The summed E-state index contributed by atoms with van der Waals surface area (Å²) in [5.74, 6) is 1.18. The molecule has 0 radical (unpaired) electrons. The molecule has 5 nitrogen and oxygen atoms in total. The zero-order valence-electron chi connectivity index (χ0n) is 13.9. The molecule has 0 saturated carbocycles. The number of thioether (sulfide) groups is 1. The van der Waals surface area contributed by atoms with Gasteiger partial charge in [-0.1, -0.05) is 30.8 Å². The first-order valence-corrected chi connectivity index (χ1v) is 9.40. The number of likely N-dealkylation sites (tertiary alicyclic amines) is 1. The minimum Gasteiger partial charge on any atom is -0.342 e. The SMILES string of the molecule is C[C@@H]1CCCN(C(=O)CSc2nc3ccccc3n2CCC#N)C1. The topological polar surface area (TPSA) is 61.9 Å². The van der Waals surface area contributed by atoms with Gasteiger partial charge in [-0.05, 0) is 30.9 Å². The molecule has 126 valence electrons. The second kappa shape index (κ2) is 7.71. The molecule has 1 aromatic carbocycles. The van der Waals surface area contributed by atoms with Gasteiger partial charge in [-0.25, -0.2) is 4.98 Å². The molecule has 2 aromatic rings. The summed E-state index contributed by atoms with van der Waals surface area (Å²) in [5.41, 5.74) is 1.94. The van der Waals surface area contributed by atoms with Gasteiger partial charge >= 0.3 is 0 Å². The number of benzene rings is 1. The third kappa shape index (κ3) is 3.73. The lowest BCUT2D eigenvalue weighted by Gasteiger charge is -2.30. The number of imidazole rings is 1. The Morgan fingerprint density at radius 1 is 1.46 bits per heavy atom. The van der Waals surface area contributed by atoms with Crippen LogP contribution in [0.4, 0.5) is 0 Å². The fraction of sp³-hybridized carbons (Fsp3) is 0.500. The second-order valence-corrected chi connectivity index (χ2v) is 7.26. The molecule has 1 atom stereocenters. The lowest BCUT2D eigenvalue weighted by Crippen LogP contribution is -2.40. The first kappa shape index (κ1) is 16.8. The standard InChI is InChI=1S/C18H22N4OS/c1-14-6-4-10-21(12-14)17(23)13-24-18-20-15-7-2-3-8-16(15)22(18)11-5-9-19/h2-3,7-8,14H,4-6,10-13H2,1H3/t14-/m1/s1. The smallest absolute Gasteiger partial charge is 0.233 e. The maximum absolute atomic E-state index is 12.5. The second-order valence-electron chi connectivity index (χ2n) is 6.32. The van der Waals surface area contributed by atoms with E-state index >= 15 is 0 Å². The number of amides is 1. The van der Waals surface area contributed by atoms with Crippen molar-refractivity contribution in [3.8, 4) is 6.07 Å². The van der Waals surface area contributed by atoms with Crippen LogP contribution < -0.4 is 0 Å². The summed E-state index contributed by atoms with van der Waals surface area (Å²) in [6.45, 7) is 4.54. The Hall–Kier alpha value is -2.00. The largest absolute Gasteiger partial charge is 0.342 e. The molecule has 0 unspecified atom stereocenters. The third-order valence-corrected chi connectivity index (χ3v) is 5.36. The normalized spacial score (nSPS) is 17.8. The summed E-state index contributed by atoms with van der Waals surface area (Å²) in [5, 5.41) is 9.71. The van der Waals surface area contributed by atoms with E-state index in [4.69, 9.17) is 5.26 Å². The number of rotatable bonds is 5. The lowest BCUT2D eigenvalue weighted by molar-refractivity contribution is -0.130. The molecule has 0 spiro atoms. The van der Waals surface area contributed by atoms with Crippen LogP contribution in [0, 0.1) is 17.2 Å². The van der Waals surface area contributed by atoms with E-state index < -0.39 is 0 Å². The maximum atomic E-state index is 12.5. The first-order valence-electron chi connectivity index (χ1n) is 8.42. The van der Waals surface area contributed by atoms with Crippen LogP contribution in [0.15, 0.2) is 29.4 Å². The molecule has 0 bridgehead atoms. The summed E-state index contributed by atoms with van der Waals surface area (Å²) in [6, 6.07) is 10.1. The first-order chi connectivity index (χ1) is 11.7. The zero-order chi connectivity index (χ0) is 16.9. The van der Waals surface area contributed by atoms with E-state index in [0.717, 1.165) is 35.7 Å². The van der Waals surface area contributed by atoms with Gasteiger partial charge in [0, 0.05) is 19.6 Å². The van der Waals surface area contributed by atoms with Crippen molar-refractivity contribution in [3.05, 3.63) is 24.3 Å². The Morgan fingerprint density at radius 3 is 3.08 bits per heavy atom. The van der Waals surface area contributed by atoms with E-state index in [9.17, 15) is 4.79 Å². The maximum Gasteiger partial charge on any atom is 0.233 e. The van der Waals surface area contributed by atoms with Crippen molar-refractivity contribution >= 4 is 28.7 Å². The van der Waals surface area contributed by atoms with Crippen LogP contribution in [0.3, 0.4) is 0 Å². The molecule has 1 aliphatic rings. The summed E-state index contributed by atoms with van der Waals surface area (Å²) in [6.07, 6.45) is 2.74. The van der Waals surface area contributed by atoms with E-state index in [1.807, 2.05) is 29.2 Å². The molecule has 1 aliphatic heterocycles. The van der Waals surface area contributed by atoms with Gasteiger partial charge in [-0.3, -0.25) is 4.79 Å². The van der Waals surface area contributed by atoms with Crippen LogP contribution in [0.25, 0.3) is 11.0 Å². The Kier molecular flexibility index (Phi) is 5.41. The number of nitrogens with zero attached hydrogens (tertiary/aromatic N) is 4. The predicted octanol–water partition coefficient (Wildman–Crippen LogP) is 3.30. The third-order valence-electron chi connectivity index (χ3n) is 4.40. The highest BCUT2D eigenvalue weighted by atomic mass is 32.2. The van der Waals surface area contributed by atoms with Crippen LogP contribution in [0.5, 0.6) is 0 Å². The number of nitriles is 1. The van der Waals surface area contributed by atoms with Gasteiger partial charge in [0.1, 0.15) is 0 Å². The Labute approximate surface area is 146 Å². The fourth-order valence-corrected chi connectivity index (χ4v) is 4.12. The van der Waals surface area contributed by atoms with Crippen LogP contribution in [0.1, 0.15) is 26.2 Å². The number of aromatic nitrogens is 2. The molecule has 0 N–H and O–H groups in total. The number of para-hydroxylation sites is 2. The van der Waals surface area contributed by atoms with E-state index in [-0.39, 0.29) is 5.91 Å². The Bertz CT molecular complexity index is 764.